The number of nitrogens with one attached hydrogen (secondary N) is 1. The SMILES string of the molecule is C[C@]12Cc3cnn(-c4cccnc4)c3C=C1CC[C@@H]2CC(NC(=O)N1CCN(CCO)CC1)c1ccccc1. The Balaban J connectivity index is 1.20. The fourth-order valence-corrected chi connectivity index (χ4v) is 6.80. The van der Waals surface area contributed by atoms with Crippen LogP contribution in [0.25, 0.3) is 11.8 Å². The van der Waals surface area contributed by atoms with E-state index in [1.54, 1.807) is 6.20 Å². The fraction of sp³-hybridized carbons (Fsp3) is 0.452. The highest BCUT2D eigenvalue weighted by molar-refractivity contribution is 5.75. The van der Waals surface area contributed by atoms with E-state index in [0.29, 0.717) is 25.6 Å². The Labute approximate surface area is 230 Å². The number of carbonyl (C=O) groups excluding carboxylic acids is 1. The summed E-state index contributed by atoms with van der Waals surface area (Å²) < 4.78 is 2.01. The Kier molecular flexibility index (Phi) is 7.23. The molecule has 204 valence electrons. The molecule has 1 saturated carbocycles. The molecule has 6 rings (SSSR count). The summed E-state index contributed by atoms with van der Waals surface area (Å²) in [6, 6.07) is 14.4. The summed E-state index contributed by atoms with van der Waals surface area (Å²) in [4.78, 5) is 21.8. The van der Waals surface area contributed by atoms with Gasteiger partial charge in [0, 0.05) is 38.9 Å². The van der Waals surface area contributed by atoms with Crippen molar-refractivity contribution in [2.45, 2.75) is 38.6 Å². The van der Waals surface area contributed by atoms with Crippen LogP contribution in [0.2, 0.25) is 0 Å². The number of urea groups is 1. The van der Waals surface area contributed by atoms with E-state index in [-0.39, 0.29) is 24.1 Å². The number of pyridine rings is 1. The Morgan fingerprint density at radius 3 is 2.69 bits per heavy atom. The molecule has 0 bridgehead atoms. The minimum Gasteiger partial charge on any atom is -0.395 e. The molecule has 3 heterocycles. The molecule has 8 nitrogen and oxygen atoms in total. The van der Waals surface area contributed by atoms with Crippen LogP contribution in [0.1, 0.15) is 49.0 Å². The van der Waals surface area contributed by atoms with Crippen LogP contribution in [0.4, 0.5) is 4.79 Å². The smallest absolute Gasteiger partial charge is 0.317 e. The lowest BCUT2D eigenvalue weighted by atomic mass is 9.68. The molecule has 3 atom stereocenters. The third-order valence-corrected chi connectivity index (χ3v) is 9.14. The first-order valence-corrected chi connectivity index (χ1v) is 14.2. The number of benzene rings is 1. The van der Waals surface area contributed by atoms with E-state index in [1.807, 2.05) is 40.2 Å². The van der Waals surface area contributed by atoms with E-state index >= 15 is 0 Å². The Morgan fingerprint density at radius 2 is 1.95 bits per heavy atom. The third kappa shape index (κ3) is 5.11. The summed E-state index contributed by atoms with van der Waals surface area (Å²) in [6.07, 6.45) is 12.1. The quantitative estimate of drug-likeness (QED) is 0.485. The number of fused-ring (bicyclic) bond motifs is 2. The first-order chi connectivity index (χ1) is 19.0. The summed E-state index contributed by atoms with van der Waals surface area (Å²) in [5.41, 5.74) is 6.12. The lowest BCUT2D eigenvalue weighted by Crippen LogP contribution is -2.52. The second kappa shape index (κ2) is 10.9. The standard InChI is InChI=1S/C31H38N6O2/c1-31-20-24-21-33-37(27-8-5-11-32-22-27)29(24)19-26(31)10-9-25(31)18-28(23-6-3-2-4-7-23)34-30(39)36-14-12-35(13-15-36)16-17-38/h2-8,11,19,21-22,25,28,38H,9-10,12-18,20H2,1H3,(H,34,39)/t25-,28?,31-/m1/s1. The van der Waals surface area contributed by atoms with Gasteiger partial charge in [0.05, 0.1) is 36.4 Å². The third-order valence-electron chi connectivity index (χ3n) is 9.14. The summed E-state index contributed by atoms with van der Waals surface area (Å²) in [5.74, 6) is 0.450. The number of aliphatic hydroxyl groups is 1. The molecule has 2 fully saturated rings. The molecular weight excluding hydrogens is 488 g/mol. The Bertz CT molecular complexity index is 1320. The molecule has 39 heavy (non-hydrogen) atoms. The number of amides is 2. The highest BCUT2D eigenvalue weighted by Crippen LogP contribution is 2.55. The van der Waals surface area contributed by atoms with Crippen molar-refractivity contribution in [1.82, 2.24) is 29.9 Å². The lowest BCUT2D eigenvalue weighted by molar-refractivity contribution is 0.119. The number of allylic oxidation sites excluding steroid dienone is 1. The van der Waals surface area contributed by atoms with Crippen LogP contribution in [0.15, 0.2) is 66.6 Å². The summed E-state index contributed by atoms with van der Waals surface area (Å²) >= 11 is 0. The maximum absolute atomic E-state index is 13.4. The number of aliphatic hydroxyl groups excluding tert-OH is 1. The van der Waals surface area contributed by atoms with Gasteiger partial charge in [-0.15, -0.1) is 0 Å². The van der Waals surface area contributed by atoms with Crippen molar-refractivity contribution in [2.75, 3.05) is 39.3 Å². The van der Waals surface area contributed by atoms with Crippen molar-refractivity contribution in [1.29, 1.82) is 0 Å². The van der Waals surface area contributed by atoms with Crippen LogP contribution < -0.4 is 5.32 Å². The van der Waals surface area contributed by atoms with Crippen LogP contribution in [-0.2, 0) is 6.42 Å². The van der Waals surface area contributed by atoms with Gasteiger partial charge in [-0.25, -0.2) is 9.48 Å². The second-order valence-electron chi connectivity index (χ2n) is 11.4. The minimum atomic E-state index is -0.0464. The summed E-state index contributed by atoms with van der Waals surface area (Å²) in [7, 11) is 0. The Morgan fingerprint density at radius 1 is 1.13 bits per heavy atom. The predicted molar refractivity (Wildman–Crippen MR) is 151 cm³/mol. The van der Waals surface area contributed by atoms with Crippen molar-refractivity contribution in [3.05, 3.63) is 83.4 Å². The second-order valence-corrected chi connectivity index (χ2v) is 11.4. The van der Waals surface area contributed by atoms with Crippen molar-refractivity contribution < 1.29 is 9.90 Å². The van der Waals surface area contributed by atoms with Crippen LogP contribution in [0.3, 0.4) is 0 Å². The highest BCUT2D eigenvalue weighted by Gasteiger charge is 2.46. The number of nitrogens with zero attached hydrogens (tertiary/aromatic N) is 5. The first-order valence-electron chi connectivity index (χ1n) is 14.2. The van der Waals surface area contributed by atoms with E-state index < -0.39 is 0 Å². The van der Waals surface area contributed by atoms with Crippen LogP contribution in [0, 0.1) is 11.3 Å². The van der Waals surface area contributed by atoms with Gasteiger partial charge < -0.3 is 15.3 Å². The zero-order valence-electron chi connectivity index (χ0n) is 22.7. The number of carbonyl (C=O) groups is 1. The van der Waals surface area contributed by atoms with Gasteiger partial charge in [-0.2, -0.15) is 5.10 Å². The van der Waals surface area contributed by atoms with Crippen molar-refractivity contribution in [2.24, 2.45) is 11.3 Å². The number of piperazine rings is 1. The molecule has 1 aliphatic heterocycles. The highest BCUT2D eigenvalue weighted by atomic mass is 16.3. The topological polar surface area (TPSA) is 86.5 Å². The number of rotatable bonds is 7. The zero-order valence-corrected chi connectivity index (χ0v) is 22.7. The van der Waals surface area contributed by atoms with E-state index in [2.05, 4.69) is 52.5 Å². The van der Waals surface area contributed by atoms with Gasteiger partial charge in [-0.1, -0.05) is 42.8 Å². The van der Waals surface area contributed by atoms with Gasteiger partial charge >= 0.3 is 6.03 Å². The molecule has 1 aromatic carbocycles. The van der Waals surface area contributed by atoms with Gasteiger partial charge in [-0.05, 0) is 66.4 Å². The molecular formula is C31H38N6O2. The van der Waals surface area contributed by atoms with Crippen LogP contribution >= 0.6 is 0 Å². The maximum Gasteiger partial charge on any atom is 0.317 e. The van der Waals surface area contributed by atoms with Gasteiger partial charge in [0.15, 0.2) is 0 Å². The normalized spacial score (nSPS) is 23.6. The largest absolute Gasteiger partial charge is 0.395 e. The van der Waals surface area contributed by atoms with Gasteiger partial charge in [0.1, 0.15) is 0 Å². The minimum absolute atomic E-state index is 0.00935. The summed E-state index contributed by atoms with van der Waals surface area (Å²) in [6.45, 7) is 6.20. The molecule has 2 amide bonds. The number of hydrogen-bond acceptors (Lipinski definition) is 5. The monoisotopic (exact) mass is 526 g/mol. The van der Waals surface area contributed by atoms with E-state index in [1.165, 1.54) is 16.8 Å². The maximum atomic E-state index is 13.4. The van der Waals surface area contributed by atoms with E-state index in [0.717, 1.165) is 50.0 Å². The molecule has 3 aliphatic rings. The lowest BCUT2D eigenvalue weighted by Gasteiger charge is -2.39. The predicted octanol–water partition coefficient (Wildman–Crippen LogP) is 4.07. The molecule has 8 heteroatoms. The van der Waals surface area contributed by atoms with Crippen molar-refractivity contribution in [3.8, 4) is 5.69 Å². The van der Waals surface area contributed by atoms with Gasteiger partial charge in [0.25, 0.3) is 0 Å². The molecule has 2 aromatic heterocycles. The van der Waals surface area contributed by atoms with Gasteiger partial charge in [-0.3, -0.25) is 9.88 Å². The fourth-order valence-electron chi connectivity index (χ4n) is 6.80. The van der Waals surface area contributed by atoms with Gasteiger partial charge in [0.2, 0.25) is 0 Å². The molecule has 3 aromatic rings. The molecule has 2 aliphatic carbocycles. The number of β-amino-alcohol motifs (C(OH)–C–C–N with tert-alkyl or cyclic N) is 1. The molecule has 1 unspecified atom stereocenters. The van der Waals surface area contributed by atoms with Crippen molar-refractivity contribution in [3.63, 3.8) is 0 Å². The number of hydrogen-bond donors (Lipinski definition) is 2. The average Bonchev–Trinajstić information content (AvgIpc) is 3.52. The van der Waals surface area contributed by atoms with E-state index in [4.69, 9.17) is 5.10 Å². The molecule has 1 saturated heterocycles. The van der Waals surface area contributed by atoms with Crippen LogP contribution in [-0.4, -0.2) is 75.0 Å². The van der Waals surface area contributed by atoms with E-state index in [9.17, 15) is 9.90 Å². The molecule has 0 spiro atoms. The summed E-state index contributed by atoms with van der Waals surface area (Å²) in [5, 5.41) is 17.4. The average molecular weight is 527 g/mol. The Hall–Kier alpha value is -3.49. The molecule has 2 N–H and O–H groups in total. The molecule has 0 radical (unpaired) electrons. The first kappa shape index (κ1) is 25.8. The van der Waals surface area contributed by atoms with Crippen molar-refractivity contribution >= 4 is 12.1 Å². The van der Waals surface area contributed by atoms with Crippen LogP contribution in [0.5, 0.6) is 0 Å². The zero-order chi connectivity index (χ0) is 26.8. The number of aromatic nitrogens is 3.